The second kappa shape index (κ2) is 11.2. The molecule has 0 radical (unpaired) electrons. The molecule has 3 rings (SSSR count). The first-order valence-electron chi connectivity index (χ1n) is 10.7. The van der Waals surface area contributed by atoms with Gasteiger partial charge in [0.25, 0.3) is 5.91 Å². The smallest absolute Gasteiger partial charge is 0.434 e. The number of hydrogen-bond acceptors (Lipinski definition) is 5. The normalized spacial score (nSPS) is 13.8. The minimum absolute atomic E-state index is 0.0333. The summed E-state index contributed by atoms with van der Waals surface area (Å²) in [5.74, 6) is 0.349. The van der Waals surface area contributed by atoms with Gasteiger partial charge in [-0.05, 0) is 62.1 Å². The lowest BCUT2D eigenvalue weighted by Crippen LogP contribution is -2.20. The number of rotatable bonds is 7. The van der Waals surface area contributed by atoms with Crippen molar-refractivity contribution in [3.05, 3.63) is 54.1 Å². The maximum Gasteiger partial charge on any atom is 0.513 e. The molecule has 0 aliphatic heterocycles. The Morgan fingerprint density at radius 3 is 2.19 bits per heavy atom. The standard InChI is InChI=1S/C24H28N2O5/c1-2-30-24(29)31-19-14-12-18(13-15-19)23(28)26-21-11-7-6-10-20(21)25-22(27)16-17-8-4-3-5-9-17/h6-7,10-15,17H,2-5,8-9,16H2,1H3,(H,25,27)(H,26,28). The van der Waals surface area contributed by atoms with Crippen LogP contribution in [0.1, 0.15) is 55.8 Å². The Hall–Kier alpha value is -3.35. The lowest BCUT2D eigenvalue weighted by atomic mass is 9.87. The highest BCUT2D eigenvalue weighted by Crippen LogP contribution is 2.28. The first-order chi connectivity index (χ1) is 15.0. The molecule has 2 aromatic rings. The van der Waals surface area contributed by atoms with E-state index in [4.69, 9.17) is 9.47 Å². The Morgan fingerprint density at radius 1 is 0.903 bits per heavy atom. The third-order valence-corrected chi connectivity index (χ3v) is 5.23. The van der Waals surface area contributed by atoms with Crippen LogP contribution in [0.4, 0.5) is 16.2 Å². The van der Waals surface area contributed by atoms with E-state index in [2.05, 4.69) is 10.6 Å². The van der Waals surface area contributed by atoms with Crippen LogP contribution >= 0.6 is 0 Å². The second-order valence-corrected chi connectivity index (χ2v) is 7.57. The summed E-state index contributed by atoms with van der Waals surface area (Å²) in [7, 11) is 0. The molecule has 0 spiro atoms. The Morgan fingerprint density at radius 2 is 1.55 bits per heavy atom. The van der Waals surface area contributed by atoms with E-state index in [1.807, 2.05) is 6.07 Å². The van der Waals surface area contributed by atoms with Gasteiger partial charge in [0.1, 0.15) is 5.75 Å². The lowest BCUT2D eigenvalue weighted by molar-refractivity contribution is -0.117. The summed E-state index contributed by atoms with van der Waals surface area (Å²) in [4.78, 5) is 36.5. The summed E-state index contributed by atoms with van der Waals surface area (Å²) in [5, 5.41) is 5.76. The molecule has 7 nitrogen and oxygen atoms in total. The zero-order valence-electron chi connectivity index (χ0n) is 17.7. The zero-order valence-corrected chi connectivity index (χ0v) is 17.7. The van der Waals surface area contributed by atoms with Crippen molar-refractivity contribution >= 4 is 29.3 Å². The predicted octanol–water partition coefficient (Wildman–Crippen LogP) is 5.38. The molecular weight excluding hydrogens is 396 g/mol. The van der Waals surface area contributed by atoms with Crippen molar-refractivity contribution in [2.45, 2.75) is 45.4 Å². The van der Waals surface area contributed by atoms with Crippen LogP contribution in [0.2, 0.25) is 0 Å². The molecule has 0 atom stereocenters. The van der Waals surface area contributed by atoms with Gasteiger partial charge in [-0.15, -0.1) is 0 Å². The third-order valence-electron chi connectivity index (χ3n) is 5.23. The van der Waals surface area contributed by atoms with Crippen molar-refractivity contribution in [3.8, 4) is 5.75 Å². The molecular formula is C24H28N2O5. The molecule has 0 aromatic heterocycles. The van der Waals surface area contributed by atoms with Crippen molar-refractivity contribution in [2.75, 3.05) is 17.2 Å². The van der Waals surface area contributed by atoms with Gasteiger partial charge in [-0.2, -0.15) is 0 Å². The highest BCUT2D eigenvalue weighted by atomic mass is 16.7. The highest BCUT2D eigenvalue weighted by Gasteiger charge is 2.18. The Labute approximate surface area is 182 Å². The van der Waals surface area contributed by atoms with Gasteiger partial charge in [0.2, 0.25) is 5.91 Å². The van der Waals surface area contributed by atoms with Crippen molar-refractivity contribution in [2.24, 2.45) is 5.92 Å². The van der Waals surface area contributed by atoms with Crippen LogP contribution in [-0.4, -0.2) is 24.6 Å². The van der Waals surface area contributed by atoms with Gasteiger partial charge in [0, 0.05) is 12.0 Å². The summed E-state index contributed by atoms with van der Waals surface area (Å²) >= 11 is 0. The van der Waals surface area contributed by atoms with E-state index in [0.717, 1.165) is 12.8 Å². The molecule has 0 heterocycles. The maximum absolute atomic E-state index is 12.6. The monoisotopic (exact) mass is 424 g/mol. The van der Waals surface area contributed by atoms with E-state index in [9.17, 15) is 14.4 Å². The van der Waals surface area contributed by atoms with E-state index in [1.54, 1.807) is 37.3 Å². The van der Waals surface area contributed by atoms with Crippen molar-refractivity contribution in [1.82, 2.24) is 0 Å². The molecule has 0 saturated heterocycles. The Kier molecular flexibility index (Phi) is 8.04. The van der Waals surface area contributed by atoms with E-state index in [0.29, 0.717) is 29.3 Å². The lowest BCUT2D eigenvalue weighted by Gasteiger charge is -2.21. The average Bonchev–Trinajstić information content (AvgIpc) is 2.76. The molecule has 1 fully saturated rings. The van der Waals surface area contributed by atoms with E-state index < -0.39 is 6.16 Å². The molecule has 1 saturated carbocycles. The fraction of sp³-hybridized carbons (Fsp3) is 0.375. The molecule has 164 valence electrons. The van der Waals surface area contributed by atoms with Crippen molar-refractivity contribution < 1.29 is 23.9 Å². The van der Waals surface area contributed by atoms with Gasteiger partial charge in [-0.25, -0.2) is 4.79 Å². The number of amides is 2. The average molecular weight is 424 g/mol. The fourth-order valence-electron chi connectivity index (χ4n) is 3.67. The fourth-order valence-corrected chi connectivity index (χ4v) is 3.67. The number of anilines is 2. The number of carbonyl (C=O) groups is 3. The number of hydrogen-bond donors (Lipinski definition) is 2. The van der Waals surface area contributed by atoms with Crippen LogP contribution in [0.5, 0.6) is 5.75 Å². The Balaban J connectivity index is 1.60. The van der Waals surface area contributed by atoms with Crippen LogP contribution in [0.15, 0.2) is 48.5 Å². The van der Waals surface area contributed by atoms with Crippen LogP contribution < -0.4 is 15.4 Å². The maximum atomic E-state index is 12.6. The van der Waals surface area contributed by atoms with Gasteiger partial charge >= 0.3 is 6.16 Å². The second-order valence-electron chi connectivity index (χ2n) is 7.57. The highest BCUT2D eigenvalue weighted by molar-refractivity contribution is 6.07. The molecule has 7 heteroatoms. The number of nitrogens with one attached hydrogen (secondary N) is 2. The molecule has 1 aliphatic rings. The number of benzene rings is 2. The summed E-state index contributed by atoms with van der Waals surface area (Å²) in [6, 6.07) is 13.3. The number of para-hydroxylation sites is 2. The molecule has 0 unspecified atom stereocenters. The first kappa shape index (κ1) is 22.3. The first-order valence-corrected chi connectivity index (χ1v) is 10.7. The van der Waals surface area contributed by atoms with Crippen molar-refractivity contribution in [1.29, 1.82) is 0 Å². The van der Waals surface area contributed by atoms with E-state index in [-0.39, 0.29) is 24.2 Å². The molecule has 2 amide bonds. The van der Waals surface area contributed by atoms with Crippen LogP contribution in [-0.2, 0) is 9.53 Å². The van der Waals surface area contributed by atoms with Crippen molar-refractivity contribution in [3.63, 3.8) is 0 Å². The van der Waals surface area contributed by atoms with Gasteiger partial charge in [-0.1, -0.05) is 31.4 Å². The topological polar surface area (TPSA) is 93.7 Å². The quantitative estimate of drug-likeness (QED) is 0.459. The summed E-state index contributed by atoms with van der Waals surface area (Å²) in [6.07, 6.45) is 5.54. The molecule has 1 aliphatic carbocycles. The zero-order chi connectivity index (χ0) is 22.1. The summed E-state index contributed by atoms with van der Waals surface area (Å²) in [6.45, 7) is 1.90. The molecule has 2 aromatic carbocycles. The van der Waals surface area contributed by atoms with Gasteiger partial charge in [-0.3, -0.25) is 9.59 Å². The number of ether oxygens (including phenoxy) is 2. The van der Waals surface area contributed by atoms with Crippen LogP contribution in [0.25, 0.3) is 0 Å². The predicted molar refractivity (Wildman–Crippen MR) is 118 cm³/mol. The minimum atomic E-state index is -0.794. The largest absolute Gasteiger partial charge is 0.513 e. The minimum Gasteiger partial charge on any atom is -0.434 e. The Bertz CT molecular complexity index is 904. The van der Waals surface area contributed by atoms with Crippen LogP contribution in [0, 0.1) is 5.92 Å². The van der Waals surface area contributed by atoms with E-state index >= 15 is 0 Å². The molecule has 2 N–H and O–H groups in total. The summed E-state index contributed by atoms with van der Waals surface area (Å²) in [5.41, 5.74) is 1.48. The summed E-state index contributed by atoms with van der Waals surface area (Å²) < 4.78 is 9.71. The van der Waals surface area contributed by atoms with Crippen LogP contribution in [0.3, 0.4) is 0 Å². The molecule has 31 heavy (non-hydrogen) atoms. The third kappa shape index (κ3) is 6.84. The number of carbonyl (C=O) groups excluding carboxylic acids is 3. The van der Waals surface area contributed by atoms with Gasteiger partial charge in [0.15, 0.2) is 0 Å². The van der Waals surface area contributed by atoms with Gasteiger partial charge < -0.3 is 20.1 Å². The van der Waals surface area contributed by atoms with E-state index in [1.165, 1.54) is 31.4 Å². The van der Waals surface area contributed by atoms with Gasteiger partial charge in [0.05, 0.1) is 18.0 Å². The molecule has 0 bridgehead atoms. The SMILES string of the molecule is CCOC(=O)Oc1ccc(C(=O)Nc2ccccc2NC(=O)CC2CCCCC2)cc1.